The van der Waals surface area contributed by atoms with E-state index in [0.29, 0.717) is 6.61 Å². The van der Waals surface area contributed by atoms with Crippen molar-refractivity contribution in [2.75, 3.05) is 27.5 Å². The molecular weight excluding hydrogens is 167 g/mol. The molecule has 0 heterocycles. The van der Waals surface area contributed by atoms with E-state index in [1.165, 1.54) is 13.8 Å². The largest absolute Gasteiger partial charge is 0.382 e. The van der Waals surface area contributed by atoms with Crippen LogP contribution in [0.4, 0.5) is 0 Å². The molecule has 0 aromatic carbocycles. The molecule has 0 radical (unpaired) electrons. The van der Waals surface area contributed by atoms with Gasteiger partial charge in [-0.2, -0.15) is 0 Å². The molecular formula is C6H15O4P. The van der Waals surface area contributed by atoms with Crippen LogP contribution in [-0.4, -0.2) is 33.6 Å². The fourth-order valence-corrected chi connectivity index (χ4v) is 1.44. The molecule has 0 rings (SSSR count). The molecule has 0 bridgehead atoms. The molecule has 2 atom stereocenters. The molecule has 0 amide bonds. The Hall–Kier alpha value is 0.110. The average Bonchev–Trinajstić information content (AvgIpc) is 1.87. The van der Waals surface area contributed by atoms with Gasteiger partial charge in [-0.25, -0.2) is 0 Å². The lowest BCUT2D eigenvalue weighted by Crippen LogP contribution is -2.13. The van der Waals surface area contributed by atoms with Crippen molar-refractivity contribution in [3.8, 4) is 0 Å². The minimum atomic E-state index is -2.84. The summed E-state index contributed by atoms with van der Waals surface area (Å²) >= 11 is 0. The average molecular weight is 182 g/mol. The summed E-state index contributed by atoms with van der Waals surface area (Å²) in [5.74, 6) is 0. The van der Waals surface area contributed by atoms with Gasteiger partial charge in [0.2, 0.25) is 0 Å². The zero-order valence-corrected chi connectivity index (χ0v) is 8.26. The lowest BCUT2D eigenvalue weighted by atomic mass is 10.5. The molecule has 68 valence electrons. The molecule has 11 heavy (non-hydrogen) atoms. The van der Waals surface area contributed by atoms with E-state index in [4.69, 9.17) is 9.26 Å². The summed E-state index contributed by atoms with van der Waals surface area (Å²) in [6.45, 7) is 3.62. The second-order valence-corrected chi connectivity index (χ2v) is 4.44. The van der Waals surface area contributed by atoms with Crippen molar-refractivity contribution in [3.05, 3.63) is 0 Å². The smallest absolute Gasteiger partial charge is 0.327 e. The predicted octanol–water partition coefficient (Wildman–Crippen LogP) is 1.51. The van der Waals surface area contributed by atoms with Gasteiger partial charge in [-0.1, -0.05) is 0 Å². The molecule has 5 heteroatoms. The van der Waals surface area contributed by atoms with E-state index >= 15 is 0 Å². The third-order valence-electron chi connectivity index (χ3n) is 1.10. The summed E-state index contributed by atoms with van der Waals surface area (Å²) < 4.78 is 25.6. The maximum atomic E-state index is 11.2. The molecule has 0 saturated carbocycles. The van der Waals surface area contributed by atoms with Gasteiger partial charge in [-0.05, 0) is 6.92 Å². The molecule has 0 aromatic rings. The third-order valence-corrected chi connectivity index (χ3v) is 2.51. The highest BCUT2D eigenvalue weighted by Crippen LogP contribution is 2.43. The quantitative estimate of drug-likeness (QED) is 0.604. The Bertz CT molecular complexity index is 148. The molecule has 0 aromatic heterocycles. The SMILES string of the molecule is COCC(C)OP(C)(=O)OC. The summed E-state index contributed by atoms with van der Waals surface area (Å²) in [5, 5.41) is 0. The van der Waals surface area contributed by atoms with E-state index in [2.05, 4.69) is 4.52 Å². The maximum absolute atomic E-state index is 11.2. The van der Waals surface area contributed by atoms with Gasteiger partial charge in [-0.15, -0.1) is 0 Å². The second-order valence-electron chi connectivity index (χ2n) is 2.33. The highest BCUT2D eigenvalue weighted by atomic mass is 31.2. The Morgan fingerprint density at radius 2 is 2.00 bits per heavy atom. The lowest BCUT2D eigenvalue weighted by Gasteiger charge is -2.16. The van der Waals surface area contributed by atoms with Crippen LogP contribution in [0.25, 0.3) is 0 Å². The Kier molecular flexibility index (Phi) is 4.93. The molecule has 0 spiro atoms. The maximum Gasteiger partial charge on any atom is 0.327 e. The normalized spacial score (nSPS) is 19.3. The highest BCUT2D eigenvalue weighted by Gasteiger charge is 2.18. The van der Waals surface area contributed by atoms with E-state index in [1.54, 1.807) is 14.0 Å². The standard InChI is InChI=1S/C6H15O4P/c1-6(5-8-2)10-11(4,7)9-3/h6H,5H2,1-4H3. The first-order valence-electron chi connectivity index (χ1n) is 3.32. The molecule has 0 aliphatic rings. The summed E-state index contributed by atoms with van der Waals surface area (Å²) in [5.41, 5.74) is 0. The Morgan fingerprint density at radius 1 is 1.45 bits per heavy atom. The van der Waals surface area contributed by atoms with Crippen molar-refractivity contribution in [1.82, 2.24) is 0 Å². The summed E-state index contributed by atoms with van der Waals surface area (Å²) in [6, 6.07) is 0. The Labute approximate surface area is 67.4 Å². The number of rotatable bonds is 5. The van der Waals surface area contributed by atoms with Crippen LogP contribution in [0.2, 0.25) is 0 Å². The van der Waals surface area contributed by atoms with Crippen LogP contribution < -0.4 is 0 Å². The Balaban J connectivity index is 3.74. The summed E-state index contributed by atoms with van der Waals surface area (Å²) in [4.78, 5) is 0. The van der Waals surface area contributed by atoms with Crippen molar-refractivity contribution in [2.24, 2.45) is 0 Å². The minimum Gasteiger partial charge on any atom is -0.382 e. The van der Waals surface area contributed by atoms with Crippen LogP contribution in [0.5, 0.6) is 0 Å². The van der Waals surface area contributed by atoms with E-state index < -0.39 is 7.60 Å². The molecule has 0 fully saturated rings. The van der Waals surface area contributed by atoms with E-state index in [-0.39, 0.29) is 6.10 Å². The monoisotopic (exact) mass is 182 g/mol. The van der Waals surface area contributed by atoms with Gasteiger partial charge in [-0.3, -0.25) is 4.57 Å². The third kappa shape index (κ3) is 5.39. The zero-order valence-electron chi connectivity index (χ0n) is 7.36. The topological polar surface area (TPSA) is 44.8 Å². The van der Waals surface area contributed by atoms with Crippen molar-refractivity contribution < 1.29 is 18.3 Å². The highest BCUT2D eigenvalue weighted by molar-refractivity contribution is 7.52. The van der Waals surface area contributed by atoms with Gasteiger partial charge in [0.05, 0.1) is 12.7 Å². The van der Waals surface area contributed by atoms with Crippen molar-refractivity contribution in [1.29, 1.82) is 0 Å². The van der Waals surface area contributed by atoms with Crippen LogP contribution in [0.1, 0.15) is 6.92 Å². The van der Waals surface area contributed by atoms with Gasteiger partial charge >= 0.3 is 7.60 Å². The van der Waals surface area contributed by atoms with Crippen molar-refractivity contribution in [3.63, 3.8) is 0 Å². The first kappa shape index (κ1) is 11.1. The zero-order chi connectivity index (χ0) is 8.91. The first-order valence-corrected chi connectivity index (χ1v) is 5.31. The van der Waals surface area contributed by atoms with Crippen LogP contribution in [0.3, 0.4) is 0 Å². The summed E-state index contributed by atoms with van der Waals surface area (Å²) in [7, 11) is 0.0849. The Morgan fingerprint density at radius 3 is 2.36 bits per heavy atom. The second kappa shape index (κ2) is 4.88. The van der Waals surface area contributed by atoms with Crippen LogP contribution in [0, 0.1) is 0 Å². The van der Waals surface area contributed by atoms with Gasteiger partial charge in [0.1, 0.15) is 0 Å². The fourth-order valence-electron chi connectivity index (χ4n) is 0.635. The van der Waals surface area contributed by atoms with Gasteiger partial charge in [0.25, 0.3) is 0 Å². The first-order chi connectivity index (χ1) is 5.02. The lowest BCUT2D eigenvalue weighted by molar-refractivity contribution is 0.0810. The van der Waals surface area contributed by atoms with Crippen molar-refractivity contribution >= 4 is 7.60 Å². The summed E-state index contributed by atoms with van der Waals surface area (Å²) in [6.07, 6.45) is -0.198. The van der Waals surface area contributed by atoms with Crippen LogP contribution in [0.15, 0.2) is 0 Å². The van der Waals surface area contributed by atoms with E-state index in [9.17, 15) is 4.57 Å². The van der Waals surface area contributed by atoms with Crippen LogP contribution in [-0.2, 0) is 18.3 Å². The molecule has 2 unspecified atom stereocenters. The fraction of sp³-hybridized carbons (Fsp3) is 1.00. The minimum absolute atomic E-state index is 0.198. The van der Waals surface area contributed by atoms with Crippen molar-refractivity contribution in [2.45, 2.75) is 13.0 Å². The number of ether oxygens (including phenoxy) is 1. The predicted molar refractivity (Wildman–Crippen MR) is 43.0 cm³/mol. The van der Waals surface area contributed by atoms with E-state index in [0.717, 1.165) is 0 Å². The number of methoxy groups -OCH3 is 1. The van der Waals surface area contributed by atoms with Gasteiger partial charge in [0, 0.05) is 20.9 Å². The molecule has 4 nitrogen and oxygen atoms in total. The van der Waals surface area contributed by atoms with Crippen LogP contribution >= 0.6 is 7.60 Å². The molecule has 0 N–H and O–H groups in total. The van der Waals surface area contributed by atoms with Gasteiger partial charge in [0.15, 0.2) is 0 Å². The number of hydrogen-bond acceptors (Lipinski definition) is 4. The molecule has 0 aliphatic heterocycles. The number of hydrogen-bond donors (Lipinski definition) is 0. The van der Waals surface area contributed by atoms with E-state index in [1.807, 2.05) is 0 Å². The molecule has 0 saturated heterocycles. The molecule has 0 aliphatic carbocycles. The van der Waals surface area contributed by atoms with Gasteiger partial charge < -0.3 is 13.8 Å².